The predicted octanol–water partition coefficient (Wildman–Crippen LogP) is 2.03. The van der Waals surface area contributed by atoms with E-state index in [4.69, 9.17) is 10.00 Å². The second-order valence-corrected chi connectivity index (χ2v) is 4.48. The van der Waals surface area contributed by atoms with Gasteiger partial charge in [0.15, 0.2) is 0 Å². The molecular formula is C17H14N2O3. The first-order chi connectivity index (χ1) is 10.7. The number of ether oxygens (including phenoxy) is 1. The first-order valence-corrected chi connectivity index (χ1v) is 6.67. The van der Waals surface area contributed by atoms with Crippen LogP contribution in [-0.4, -0.2) is 18.4 Å². The molecule has 0 fully saturated rings. The highest BCUT2D eigenvalue weighted by molar-refractivity contribution is 5.95. The minimum atomic E-state index is -0.558. The summed E-state index contributed by atoms with van der Waals surface area (Å²) in [6.07, 6.45) is 0. The van der Waals surface area contributed by atoms with E-state index in [9.17, 15) is 9.59 Å². The Morgan fingerprint density at radius 3 is 2.45 bits per heavy atom. The van der Waals surface area contributed by atoms with Crippen LogP contribution in [0, 0.1) is 11.3 Å². The molecule has 110 valence electrons. The average molecular weight is 294 g/mol. The summed E-state index contributed by atoms with van der Waals surface area (Å²) < 4.78 is 5.05. The molecule has 1 N–H and O–H groups in total. The van der Waals surface area contributed by atoms with Crippen molar-refractivity contribution in [1.29, 1.82) is 5.26 Å². The lowest BCUT2D eigenvalue weighted by Gasteiger charge is -2.07. The molecule has 22 heavy (non-hydrogen) atoms. The SMILES string of the molecule is N#Cc1ccccc1COC(=O)CNC(=O)c1ccccc1. The van der Waals surface area contributed by atoms with Crippen molar-refractivity contribution >= 4 is 11.9 Å². The molecule has 0 heterocycles. The highest BCUT2D eigenvalue weighted by Crippen LogP contribution is 2.08. The maximum Gasteiger partial charge on any atom is 0.325 e. The van der Waals surface area contributed by atoms with Crippen LogP contribution in [0.1, 0.15) is 21.5 Å². The van der Waals surface area contributed by atoms with Crippen molar-refractivity contribution in [2.75, 3.05) is 6.54 Å². The Kier molecular flexibility index (Phi) is 5.27. The molecule has 0 aromatic heterocycles. The quantitative estimate of drug-likeness (QED) is 0.856. The molecule has 0 saturated heterocycles. The number of nitrogens with zero attached hydrogens (tertiary/aromatic N) is 1. The molecular weight excluding hydrogens is 280 g/mol. The van der Waals surface area contributed by atoms with Crippen LogP contribution in [0.5, 0.6) is 0 Å². The largest absolute Gasteiger partial charge is 0.459 e. The smallest absolute Gasteiger partial charge is 0.325 e. The zero-order valence-electron chi connectivity index (χ0n) is 11.8. The van der Waals surface area contributed by atoms with Crippen LogP contribution < -0.4 is 5.32 Å². The Morgan fingerprint density at radius 2 is 1.73 bits per heavy atom. The number of esters is 1. The topological polar surface area (TPSA) is 79.2 Å². The van der Waals surface area contributed by atoms with Gasteiger partial charge in [-0.15, -0.1) is 0 Å². The fourth-order valence-electron chi connectivity index (χ4n) is 1.81. The molecule has 2 aromatic rings. The van der Waals surface area contributed by atoms with Crippen LogP contribution >= 0.6 is 0 Å². The van der Waals surface area contributed by atoms with Crippen molar-refractivity contribution in [3.8, 4) is 6.07 Å². The molecule has 5 heteroatoms. The van der Waals surface area contributed by atoms with Crippen LogP contribution in [0.3, 0.4) is 0 Å². The van der Waals surface area contributed by atoms with Crippen molar-refractivity contribution in [2.24, 2.45) is 0 Å². The summed E-state index contributed by atoms with van der Waals surface area (Å²) in [4.78, 5) is 23.4. The normalized spacial score (nSPS) is 9.59. The van der Waals surface area contributed by atoms with E-state index in [0.29, 0.717) is 16.7 Å². The van der Waals surface area contributed by atoms with Crippen LogP contribution in [0.25, 0.3) is 0 Å². The summed E-state index contributed by atoms with van der Waals surface area (Å²) in [6, 6.07) is 17.5. The van der Waals surface area contributed by atoms with Crippen LogP contribution in [-0.2, 0) is 16.1 Å². The van der Waals surface area contributed by atoms with Gasteiger partial charge < -0.3 is 10.1 Å². The second-order valence-electron chi connectivity index (χ2n) is 4.48. The minimum Gasteiger partial charge on any atom is -0.459 e. The Balaban J connectivity index is 1.81. The average Bonchev–Trinajstić information content (AvgIpc) is 2.58. The van der Waals surface area contributed by atoms with Gasteiger partial charge in [-0.1, -0.05) is 36.4 Å². The molecule has 0 bridgehead atoms. The fourth-order valence-corrected chi connectivity index (χ4v) is 1.81. The Labute approximate surface area is 128 Å². The molecule has 0 radical (unpaired) electrons. The Morgan fingerprint density at radius 1 is 1.05 bits per heavy atom. The van der Waals surface area contributed by atoms with Gasteiger partial charge in [0, 0.05) is 11.1 Å². The zero-order valence-corrected chi connectivity index (χ0v) is 11.8. The van der Waals surface area contributed by atoms with Crippen molar-refractivity contribution in [2.45, 2.75) is 6.61 Å². The first-order valence-electron chi connectivity index (χ1n) is 6.67. The summed E-state index contributed by atoms with van der Waals surface area (Å²) in [6.45, 7) is -0.216. The van der Waals surface area contributed by atoms with E-state index in [1.54, 1.807) is 54.6 Å². The van der Waals surface area contributed by atoms with Gasteiger partial charge in [0.25, 0.3) is 5.91 Å². The number of carbonyl (C=O) groups is 2. The van der Waals surface area contributed by atoms with E-state index in [1.165, 1.54) is 0 Å². The van der Waals surface area contributed by atoms with Crippen LogP contribution in [0.4, 0.5) is 0 Å². The summed E-state index contributed by atoms with van der Waals surface area (Å²) >= 11 is 0. The molecule has 0 spiro atoms. The van der Waals surface area contributed by atoms with Gasteiger partial charge in [0.1, 0.15) is 13.2 Å². The number of carbonyl (C=O) groups excluding carboxylic acids is 2. The molecule has 0 saturated carbocycles. The van der Waals surface area contributed by atoms with Crippen molar-refractivity contribution in [3.63, 3.8) is 0 Å². The van der Waals surface area contributed by atoms with Crippen molar-refractivity contribution < 1.29 is 14.3 Å². The Bertz CT molecular complexity index is 705. The van der Waals surface area contributed by atoms with Gasteiger partial charge in [0.05, 0.1) is 11.6 Å². The van der Waals surface area contributed by atoms with Gasteiger partial charge in [-0.05, 0) is 18.2 Å². The van der Waals surface area contributed by atoms with Crippen LogP contribution in [0.2, 0.25) is 0 Å². The van der Waals surface area contributed by atoms with E-state index < -0.39 is 5.97 Å². The number of hydrogen-bond acceptors (Lipinski definition) is 4. The maximum atomic E-state index is 11.8. The number of amides is 1. The molecule has 0 atom stereocenters. The number of benzene rings is 2. The van der Waals surface area contributed by atoms with Crippen LogP contribution in [0.15, 0.2) is 54.6 Å². The lowest BCUT2D eigenvalue weighted by Crippen LogP contribution is -2.30. The van der Waals surface area contributed by atoms with Gasteiger partial charge >= 0.3 is 5.97 Å². The highest BCUT2D eigenvalue weighted by Gasteiger charge is 2.09. The first kappa shape index (κ1) is 15.3. The number of hydrogen-bond donors (Lipinski definition) is 1. The number of rotatable bonds is 5. The third-order valence-corrected chi connectivity index (χ3v) is 2.96. The van der Waals surface area contributed by atoms with E-state index in [2.05, 4.69) is 5.32 Å². The molecule has 0 unspecified atom stereocenters. The predicted molar refractivity (Wildman–Crippen MR) is 79.7 cm³/mol. The van der Waals surface area contributed by atoms with E-state index in [1.807, 2.05) is 6.07 Å². The lowest BCUT2D eigenvalue weighted by molar-refractivity contribution is -0.143. The molecule has 0 aliphatic heterocycles. The summed E-state index contributed by atoms with van der Waals surface area (Å²) in [5, 5.41) is 11.4. The molecule has 0 aliphatic rings. The lowest BCUT2D eigenvalue weighted by atomic mass is 10.1. The fraction of sp³-hybridized carbons (Fsp3) is 0.118. The summed E-state index contributed by atoms with van der Waals surface area (Å²) in [7, 11) is 0. The monoisotopic (exact) mass is 294 g/mol. The zero-order chi connectivity index (χ0) is 15.8. The maximum absolute atomic E-state index is 11.8. The van der Waals surface area contributed by atoms with Crippen molar-refractivity contribution in [3.05, 3.63) is 71.3 Å². The summed E-state index contributed by atoms with van der Waals surface area (Å²) in [5.41, 5.74) is 1.57. The third kappa shape index (κ3) is 4.18. The molecule has 0 aliphatic carbocycles. The van der Waals surface area contributed by atoms with Crippen molar-refractivity contribution in [1.82, 2.24) is 5.32 Å². The molecule has 2 rings (SSSR count). The van der Waals surface area contributed by atoms with E-state index in [0.717, 1.165) is 0 Å². The van der Waals surface area contributed by atoms with E-state index >= 15 is 0 Å². The molecule has 5 nitrogen and oxygen atoms in total. The second kappa shape index (κ2) is 7.60. The minimum absolute atomic E-state index is 0.00374. The molecule has 2 aromatic carbocycles. The van der Waals surface area contributed by atoms with Gasteiger partial charge in [-0.3, -0.25) is 9.59 Å². The molecule has 1 amide bonds. The standard InChI is InChI=1S/C17H14N2O3/c18-10-14-8-4-5-9-15(14)12-22-16(20)11-19-17(21)13-6-2-1-3-7-13/h1-9H,11-12H2,(H,19,21). The Hall–Kier alpha value is -3.13. The third-order valence-electron chi connectivity index (χ3n) is 2.96. The number of nitrogens with one attached hydrogen (secondary N) is 1. The highest BCUT2D eigenvalue weighted by atomic mass is 16.5. The number of nitriles is 1. The van der Waals surface area contributed by atoms with Gasteiger partial charge in [0.2, 0.25) is 0 Å². The summed E-state index contributed by atoms with van der Waals surface area (Å²) in [5.74, 6) is -0.896. The van der Waals surface area contributed by atoms with Gasteiger partial charge in [-0.2, -0.15) is 5.26 Å². The van der Waals surface area contributed by atoms with E-state index in [-0.39, 0.29) is 19.1 Å². The van der Waals surface area contributed by atoms with Gasteiger partial charge in [-0.25, -0.2) is 0 Å².